The zero-order chi connectivity index (χ0) is 13.8. The lowest BCUT2D eigenvalue weighted by Gasteiger charge is -2.05. The summed E-state index contributed by atoms with van der Waals surface area (Å²) in [4.78, 5) is 26.7. The highest BCUT2D eigenvalue weighted by Crippen LogP contribution is 2.16. The highest BCUT2D eigenvalue weighted by atomic mass is 35.5. The minimum Gasteiger partial charge on any atom is -0.307 e. The molecule has 2 aromatic rings. The van der Waals surface area contributed by atoms with Crippen LogP contribution in [0.4, 0.5) is 5.82 Å². The minimum atomic E-state index is -0.600. The van der Waals surface area contributed by atoms with Gasteiger partial charge in [0.05, 0.1) is 16.1 Å². The summed E-state index contributed by atoms with van der Waals surface area (Å²) >= 11 is 11.2. The van der Waals surface area contributed by atoms with Crippen molar-refractivity contribution in [1.29, 1.82) is 0 Å². The molecule has 1 aromatic heterocycles. The largest absolute Gasteiger partial charge is 0.307 e. The van der Waals surface area contributed by atoms with E-state index in [1.807, 2.05) is 0 Å². The maximum absolute atomic E-state index is 11.9. The first-order valence-corrected chi connectivity index (χ1v) is 6.05. The lowest BCUT2D eigenvalue weighted by molar-refractivity contribution is 0.102. The summed E-state index contributed by atoms with van der Waals surface area (Å²) < 4.78 is 0. The number of nitrogens with one attached hydrogen (secondary N) is 1. The van der Waals surface area contributed by atoms with Gasteiger partial charge < -0.3 is 5.32 Å². The van der Waals surface area contributed by atoms with Crippen molar-refractivity contribution in [2.45, 2.75) is 0 Å². The van der Waals surface area contributed by atoms with Gasteiger partial charge in [0.1, 0.15) is 5.82 Å². The van der Waals surface area contributed by atoms with Gasteiger partial charge in [-0.1, -0.05) is 23.7 Å². The van der Waals surface area contributed by atoms with Gasteiger partial charge in [-0.3, -0.25) is 9.59 Å². The molecule has 4 nitrogen and oxygen atoms in total. The van der Waals surface area contributed by atoms with Crippen LogP contribution in [0.2, 0.25) is 5.02 Å². The molecule has 0 fully saturated rings. The first kappa shape index (κ1) is 13.5. The van der Waals surface area contributed by atoms with Crippen molar-refractivity contribution in [3.8, 4) is 0 Å². The Kier molecular flexibility index (Phi) is 4.14. The van der Waals surface area contributed by atoms with Crippen LogP contribution in [0.15, 0.2) is 42.6 Å². The fraction of sp³-hybridized carbons (Fsp3) is 0. The second kappa shape index (κ2) is 5.82. The summed E-state index contributed by atoms with van der Waals surface area (Å²) in [5.41, 5.74) is 0.612. The number of carbonyl (C=O) groups excluding carboxylic acids is 2. The van der Waals surface area contributed by atoms with Crippen molar-refractivity contribution in [3.63, 3.8) is 0 Å². The highest BCUT2D eigenvalue weighted by Gasteiger charge is 2.10. The van der Waals surface area contributed by atoms with E-state index in [1.54, 1.807) is 24.3 Å². The van der Waals surface area contributed by atoms with Gasteiger partial charge in [-0.25, -0.2) is 4.98 Å². The summed E-state index contributed by atoms with van der Waals surface area (Å²) in [7, 11) is 0. The van der Waals surface area contributed by atoms with Gasteiger partial charge in [-0.15, -0.1) is 0 Å². The number of hydrogen-bond donors (Lipinski definition) is 1. The Morgan fingerprint density at radius 3 is 2.42 bits per heavy atom. The Hall–Kier alpha value is -1.91. The third-order valence-electron chi connectivity index (χ3n) is 2.35. The minimum absolute atomic E-state index is 0.261. The number of hydrogen-bond acceptors (Lipinski definition) is 3. The van der Waals surface area contributed by atoms with E-state index >= 15 is 0 Å². The molecule has 1 amide bonds. The summed E-state index contributed by atoms with van der Waals surface area (Å²) in [6, 6.07) is 9.64. The van der Waals surface area contributed by atoms with E-state index in [2.05, 4.69) is 10.3 Å². The van der Waals surface area contributed by atoms with Crippen molar-refractivity contribution in [3.05, 3.63) is 58.7 Å². The van der Waals surface area contributed by atoms with Gasteiger partial charge in [-0.2, -0.15) is 0 Å². The standard InChI is InChI=1S/C13H8Cl2N2O2/c14-10-4-2-1-3-9(10)13(19)17-11-6-5-8(7-16-11)12(15)18/h1-7H,(H,16,17,19). The molecule has 0 bridgehead atoms. The second-order valence-corrected chi connectivity index (χ2v) is 4.39. The monoisotopic (exact) mass is 294 g/mol. The summed E-state index contributed by atoms with van der Waals surface area (Å²) in [6.45, 7) is 0. The molecule has 0 aliphatic rings. The molecule has 1 N–H and O–H groups in total. The molecule has 6 heteroatoms. The molecular formula is C13H8Cl2N2O2. The average Bonchev–Trinajstić information content (AvgIpc) is 2.39. The number of aromatic nitrogens is 1. The van der Waals surface area contributed by atoms with Crippen LogP contribution in [-0.4, -0.2) is 16.1 Å². The fourth-order valence-electron chi connectivity index (χ4n) is 1.41. The molecule has 0 unspecified atom stereocenters. The molecule has 2 rings (SSSR count). The number of halogens is 2. The zero-order valence-corrected chi connectivity index (χ0v) is 11.1. The number of benzene rings is 1. The smallest absolute Gasteiger partial charge is 0.258 e. The Balaban J connectivity index is 2.15. The van der Waals surface area contributed by atoms with Crippen molar-refractivity contribution < 1.29 is 9.59 Å². The van der Waals surface area contributed by atoms with Crippen molar-refractivity contribution in [2.75, 3.05) is 5.32 Å². The van der Waals surface area contributed by atoms with E-state index in [0.717, 1.165) is 0 Å². The van der Waals surface area contributed by atoms with Crippen LogP contribution in [-0.2, 0) is 0 Å². The third-order valence-corrected chi connectivity index (χ3v) is 2.90. The van der Waals surface area contributed by atoms with Crippen LogP contribution in [0.1, 0.15) is 20.7 Å². The maximum atomic E-state index is 11.9. The van der Waals surface area contributed by atoms with Crippen LogP contribution in [0, 0.1) is 0 Å². The van der Waals surface area contributed by atoms with Gasteiger partial charge >= 0.3 is 0 Å². The summed E-state index contributed by atoms with van der Waals surface area (Å²) in [6.07, 6.45) is 1.29. The van der Waals surface area contributed by atoms with Gasteiger partial charge in [0.15, 0.2) is 0 Å². The van der Waals surface area contributed by atoms with Crippen molar-refractivity contribution in [2.24, 2.45) is 0 Å². The van der Waals surface area contributed by atoms with Crippen LogP contribution in [0.25, 0.3) is 0 Å². The Labute approximate surface area is 119 Å². The van der Waals surface area contributed by atoms with E-state index < -0.39 is 5.24 Å². The summed E-state index contributed by atoms with van der Waals surface area (Å²) in [5.74, 6) is -0.0605. The average molecular weight is 295 g/mol. The third kappa shape index (κ3) is 3.30. The molecule has 1 aromatic carbocycles. The number of carbonyl (C=O) groups is 2. The van der Waals surface area contributed by atoms with E-state index in [1.165, 1.54) is 18.3 Å². The van der Waals surface area contributed by atoms with E-state index in [-0.39, 0.29) is 11.5 Å². The van der Waals surface area contributed by atoms with E-state index in [4.69, 9.17) is 23.2 Å². The molecule has 0 saturated heterocycles. The number of pyridine rings is 1. The summed E-state index contributed by atoms with van der Waals surface area (Å²) in [5, 5.41) is 2.33. The molecule has 0 radical (unpaired) electrons. The lowest BCUT2D eigenvalue weighted by Crippen LogP contribution is -2.13. The number of amides is 1. The molecule has 1 heterocycles. The Morgan fingerprint density at radius 1 is 1.11 bits per heavy atom. The predicted molar refractivity (Wildman–Crippen MR) is 73.8 cm³/mol. The van der Waals surface area contributed by atoms with Crippen molar-refractivity contribution in [1.82, 2.24) is 4.98 Å². The number of anilines is 1. The molecule has 0 spiro atoms. The topological polar surface area (TPSA) is 59.1 Å². The second-order valence-electron chi connectivity index (χ2n) is 3.64. The molecular weight excluding hydrogens is 287 g/mol. The van der Waals surface area contributed by atoms with Crippen LogP contribution < -0.4 is 5.32 Å². The number of nitrogens with zero attached hydrogens (tertiary/aromatic N) is 1. The van der Waals surface area contributed by atoms with Gasteiger partial charge in [0, 0.05) is 6.20 Å². The van der Waals surface area contributed by atoms with Crippen LogP contribution >= 0.6 is 23.2 Å². The molecule has 19 heavy (non-hydrogen) atoms. The highest BCUT2D eigenvalue weighted by molar-refractivity contribution is 6.67. The van der Waals surface area contributed by atoms with E-state index in [9.17, 15) is 9.59 Å². The van der Waals surface area contributed by atoms with E-state index in [0.29, 0.717) is 16.4 Å². The Morgan fingerprint density at radius 2 is 1.84 bits per heavy atom. The van der Waals surface area contributed by atoms with Crippen LogP contribution in [0.3, 0.4) is 0 Å². The molecule has 0 atom stereocenters. The SMILES string of the molecule is O=C(Cl)c1ccc(NC(=O)c2ccccc2Cl)nc1. The molecule has 0 saturated carbocycles. The Bertz CT molecular complexity index is 627. The predicted octanol–water partition coefficient (Wildman–Crippen LogP) is 3.37. The zero-order valence-electron chi connectivity index (χ0n) is 9.56. The normalized spacial score (nSPS) is 10.0. The number of rotatable bonds is 3. The van der Waals surface area contributed by atoms with Gasteiger partial charge in [-0.05, 0) is 35.9 Å². The molecule has 0 aliphatic carbocycles. The van der Waals surface area contributed by atoms with Crippen molar-refractivity contribution >= 4 is 40.2 Å². The lowest BCUT2D eigenvalue weighted by atomic mass is 10.2. The molecule has 96 valence electrons. The van der Waals surface area contributed by atoms with Crippen LogP contribution in [0.5, 0.6) is 0 Å². The fourth-order valence-corrected chi connectivity index (χ4v) is 1.75. The maximum Gasteiger partial charge on any atom is 0.258 e. The first-order chi connectivity index (χ1) is 9.08. The first-order valence-electron chi connectivity index (χ1n) is 5.29. The van der Waals surface area contributed by atoms with Gasteiger partial charge in [0.25, 0.3) is 11.1 Å². The quantitative estimate of drug-likeness (QED) is 0.883. The molecule has 0 aliphatic heterocycles. The van der Waals surface area contributed by atoms with Gasteiger partial charge in [0.2, 0.25) is 0 Å².